The number of ether oxygens (including phenoxy) is 1. The lowest BCUT2D eigenvalue weighted by Crippen LogP contribution is -2.38. The van der Waals surface area contributed by atoms with Crippen molar-refractivity contribution in [1.82, 2.24) is 4.90 Å². The van der Waals surface area contributed by atoms with Crippen LogP contribution in [0.15, 0.2) is 18.2 Å². The number of nitrogens with zero attached hydrogens (tertiary/aromatic N) is 1. The average Bonchev–Trinajstić information content (AvgIpc) is 2.46. The van der Waals surface area contributed by atoms with E-state index in [2.05, 4.69) is 11.8 Å². The number of methoxy groups -OCH3 is 1. The van der Waals surface area contributed by atoms with E-state index in [9.17, 15) is 5.11 Å². The minimum absolute atomic E-state index is 0.530. The minimum Gasteiger partial charge on any atom is -0.496 e. The van der Waals surface area contributed by atoms with Crippen molar-refractivity contribution in [3.63, 3.8) is 0 Å². The third-order valence-electron chi connectivity index (χ3n) is 4.18. The molecule has 112 valence electrons. The van der Waals surface area contributed by atoms with Crippen LogP contribution in [-0.2, 0) is 0 Å². The monoisotopic (exact) mass is 297 g/mol. The molecule has 0 aromatic heterocycles. The Bertz CT molecular complexity index is 438. The molecule has 0 bridgehead atoms. The molecular formula is C16H24ClNO2. The molecule has 1 saturated heterocycles. The molecule has 1 heterocycles. The Morgan fingerprint density at radius 2 is 2.25 bits per heavy atom. The number of benzene rings is 1. The standard InChI is InChI=1S/C16H24ClNO2/c1-12-5-3-4-9-18(12)10-8-15(19)14-11-13(17)6-7-16(14)20-2/h6-7,11-12,15,19H,3-5,8-10H2,1-2H3. The second-order valence-corrected chi connectivity index (χ2v) is 6.01. The molecule has 3 nitrogen and oxygen atoms in total. The summed E-state index contributed by atoms with van der Waals surface area (Å²) in [5, 5.41) is 11.0. The summed E-state index contributed by atoms with van der Waals surface area (Å²) in [7, 11) is 1.62. The van der Waals surface area contributed by atoms with Gasteiger partial charge in [-0.1, -0.05) is 18.0 Å². The van der Waals surface area contributed by atoms with E-state index in [0.29, 0.717) is 23.2 Å². The van der Waals surface area contributed by atoms with Gasteiger partial charge in [-0.05, 0) is 50.9 Å². The molecule has 0 amide bonds. The zero-order valence-corrected chi connectivity index (χ0v) is 13.1. The zero-order chi connectivity index (χ0) is 14.5. The fourth-order valence-corrected chi connectivity index (χ4v) is 3.08. The number of halogens is 1. The highest BCUT2D eigenvalue weighted by atomic mass is 35.5. The second-order valence-electron chi connectivity index (χ2n) is 5.57. The molecule has 2 rings (SSSR count). The SMILES string of the molecule is COc1ccc(Cl)cc1C(O)CCN1CCCCC1C. The fraction of sp³-hybridized carbons (Fsp3) is 0.625. The van der Waals surface area contributed by atoms with Crippen LogP contribution >= 0.6 is 11.6 Å². The number of piperidine rings is 1. The molecule has 1 fully saturated rings. The van der Waals surface area contributed by atoms with Crippen molar-refractivity contribution >= 4 is 11.6 Å². The van der Waals surface area contributed by atoms with E-state index in [1.54, 1.807) is 19.2 Å². The number of aliphatic hydroxyl groups excluding tert-OH is 1. The third kappa shape index (κ3) is 3.87. The molecule has 4 heteroatoms. The topological polar surface area (TPSA) is 32.7 Å². The first-order chi connectivity index (χ1) is 9.61. The van der Waals surface area contributed by atoms with Gasteiger partial charge in [0, 0.05) is 23.2 Å². The molecule has 20 heavy (non-hydrogen) atoms. The van der Waals surface area contributed by atoms with Crippen LogP contribution in [0.3, 0.4) is 0 Å². The molecule has 0 saturated carbocycles. The first-order valence-corrected chi connectivity index (χ1v) is 7.75. The molecule has 0 radical (unpaired) electrons. The molecule has 1 aliphatic rings. The van der Waals surface area contributed by atoms with E-state index in [1.165, 1.54) is 19.3 Å². The first kappa shape index (κ1) is 15.6. The van der Waals surface area contributed by atoms with Gasteiger partial charge in [0.05, 0.1) is 13.2 Å². The predicted molar refractivity (Wildman–Crippen MR) is 82.5 cm³/mol. The zero-order valence-electron chi connectivity index (χ0n) is 12.3. The summed E-state index contributed by atoms with van der Waals surface area (Å²) < 4.78 is 5.30. The quantitative estimate of drug-likeness (QED) is 0.900. The minimum atomic E-state index is -0.530. The lowest BCUT2D eigenvalue weighted by Gasteiger charge is -2.33. The number of likely N-dealkylation sites (tertiary alicyclic amines) is 1. The molecule has 1 aromatic carbocycles. The van der Waals surface area contributed by atoms with Crippen LogP contribution in [0.1, 0.15) is 44.3 Å². The summed E-state index contributed by atoms with van der Waals surface area (Å²) in [5.41, 5.74) is 0.782. The van der Waals surface area contributed by atoms with Gasteiger partial charge >= 0.3 is 0 Å². The van der Waals surface area contributed by atoms with Crippen molar-refractivity contribution in [2.45, 2.75) is 44.8 Å². The van der Waals surface area contributed by atoms with Gasteiger partial charge in [-0.15, -0.1) is 0 Å². The van der Waals surface area contributed by atoms with Crippen LogP contribution in [0, 0.1) is 0 Å². The maximum atomic E-state index is 10.4. The molecule has 0 spiro atoms. The number of hydrogen-bond donors (Lipinski definition) is 1. The predicted octanol–water partition coefficient (Wildman–Crippen LogP) is 3.65. The summed E-state index contributed by atoms with van der Waals surface area (Å²) in [5.74, 6) is 0.702. The highest BCUT2D eigenvalue weighted by Gasteiger charge is 2.20. The van der Waals surface area contributed by atoms with Gasteiger partial charge in [0.15, 0.2) is 0 Å². The highest BCUT2D eigenvalue weighted by molar-refractivity contribution is 6.30. The van der Waals surface area contributed by atoms with Crippen LogP contribution in [0.25, 0.3) is 0 Å². The first-order valence-electron chi connectivity index (χ1n) is 7.37. The largest absolute Gasteiger partial charge is 0.496 e. The van der Waals surface area contributed by atoms with Crippen LogP contribution in [-0.4, -0.2) is 36.2 Å². The van der Waals surface area contributed by atoms with Gasteiger partial charge in [-0.2, -0.15) is 0 Å². The van der Waals surface area contributed by atoms with Gasteiger partial charge in [-0.25, -0.2) is 0 Å². The van der Waals surface area contributed by atoms with E-state index in [0.717, 1.165) is 18.7 Å². The van der Waals surface area contributed by atoms with Crippen LogP contribution < -0.4 is 4.74 Å². The Labute approximate surface area is 126 Å². The van der Waals surface area contributed by atoms with Gasteiger partial charge in [-0.3, -0.25) is 0 Å². The highest BCUT2D eigenvalue weighted by Crippen LogP contribution is 2.30. The Morgan fingerprint density at radius 1 is 1.45 bits per heavy atom. The third-order valence-corrected chi connectivity index (χ3v) is 4.42. The lowest BCUT2D eigenvalue weighted by atomic mass is 10.0. The maximum Gasteiger partial charge on any atom is 0.124 e. The lowest BCUT2D eigenvalue weighted by molar-refractivity contribution is 0.108. The Balaban J connectivity index is 1.97. The van der Waals surface area contributed by atoms with E-state index in [1.807, 2.05) is 6.07 Å². The summed E-state index contributed by atoms with van der Waals surface area (Å²) in [6.45, 7) is 4.32. The molecule has 1 aromatic rings. The van der Waals surface area contributed by atoms with Crippen molar-refractivity contribution in [2.75, 3.05) is 20.2 Å². The van der Waals surface area contributed by atoms with Crippen molar-refractivity contribution in [1.29, 1.82) is 0 Å². The molecule has 2 atom stereocenters. The molecular weight excluding hydrogens is 274 g/mol. The van der Waals surface area contributed by atoms with E-state index < -0.39 is 6.10 Å². The molecule has 1 N–H and O–H groups in total. The summed E-state index contributed by atoms with van der Waals surface area (Å²) in [4.78, 5) is 2.46. The summed E-state index contributed by atoms with van der Waals surface area (Å²) in [6.07, 6.45) is 4.03. The molecule has 0 aliphatic carbocycles. The van der Waals surface area contributed by atoms with Crippen molar-refractivity contribution in [3.05, 3.63) is 28.8 Å². The number of hydrogen-bond acceptors (Lipinski definition) is 3. The number of rotatable bonds is 5. The van der Waals surface area contributed by atoms with Gasteiger partial charge in [0.25, 0.3) is 0 Å². The van der Waals surface area contributed by atoms with E-state index >= 15 is 0 Å². The molecule has 1 aliphatic heterocycles. The van der Waals surface area contributed by atoms with Crippen LogP contribution in [0.4, 0.5) is 0 Å². The van der Waals surface area contributed by atoms with Gasteiger partial charge in [0.1, 0.15) is 5.75 Å². The van der Waals surface area contributed by atoms with Gasteiger partial charge < -0.3 is 14.7 Å². The fourth-order valence-electron chi connectivity index (χ4n) is 2.90. The van der Waals surface area contributed by atoms with Crippen LogP contribution in [0.5, 0.6) is 5.75 Å². The maximum absolute atomic E-state index is 10.4. The van der Waals surface area contributed by atoms with Crippen molar-refractivity contribution in [2.24, 2.45) is 0 Å². The summed E-state index contributed by atoms with van der Waals surface area (Å²) >= 11 is 6.01. The van der Waals surface area contributed by atoms with E-state index in [4.69, 9.17) is 16.3 Å². The second kappa shape index (κ2) is 7.30. The normalized spacial score (nSPS) is 21.7. The van der Waals surface area contributed by atoms with Gasteiger partial charge in [0.2, 0.25) is 0 Å². The van der Waals surface area contributed by atoms with Crippen molar-refractivity contribution < 1.29 is 9.84 Å². The smallest absolute Gasteiger partial charge is 0.124 e. The van der Waals surface area contributed by atoms with E-state index in [-0.39, 0.29) is 0 Å². The summed E-state index contributed by atoms with van der Waals surface area (Å²) in [6, 6.07) is 6.01. The Kier molecular flexibility index (Phi) is 5.70. The van der Waals surface area contributed by atoms with Crippen LogP contribution in [0.2, 0.25) is 5.02 Å². The van der Waals surface area contributed by atoms with Crippen molar-refractivity contribution in [3.8, 4) is 5.75 Å². The molecule has 2 unspecified atom stereocenters. The number of aliphatic hydroxyl groups is 1. The average molecular weight is 298 g/mol. The Hall–Kier alpha value is -0.770. The Morgan fingerprint density at radius 3 is 2.95 bits per heavy atom.